The van der Waals surface area contributed by atoms with Crippen LogP contribution >= 0.6 is 0 Å². The lowest BCUT2D eigenvalue weighted by molar-refractivity contribution is 0.0155. The van der Waals surface area contributed by atoms with Crippen molar-refractivity contribution in [1.29, 1.82) is 0 Å². The van der Waals surface area contributed by atoms with E-state index in [0.717, 1.165) is 19.5 Å². The molecule has 20 heavy (non-hydrogen) atoms. The minimum Gasteiger partial charge on any atom is -0.444 e. The lowest BCUT2D eigenvalue weighted by Gasteiger charge is -2.37. The Morgan fingerprint density at radius 3 is 2.45 bits per heavy atom. The van der Waals surface area contributed by atoms with E-state index in [4.69, 9.17) is 4.74 Å². The lowest BCUT2D eigenvalue weighted by Crippen LogP contribution is -2.44. The van der Waals surface area contributed by atoms with Gasteiger partial charge in [0.05, 0.1) is 0 Å². The molecule has 0 N–H and O–H groups in total. The summed E-state index contributed by atoms with van der Waals surface area (Å²) in [6, 6.07) is 10.6. The van der Waals surface area contributed by atoms with Gasteiger partial charge < -0.3 is 9.64 Å². The number of piperidine rings is 1. The van der Waals surface area contributed by atoms with Crippen molar-refractivity contribution < 1.29 is 9.53 Å². The summed E-state index contributed by atoms with van der Waals surface area (Å²) >= 11 is 0. The SMILES string of the molecule is C[C@H]1CN(C(=O)OC(C)(C)C)CC[C@@H]1c1ccccc1. The summed E-state index contributed by atoms with van der Waals surface area (Å²) in [5.41, 5.74) is 0.959. The molecule has 0 aromatic heterocycles. The second-order valence-electron chi connectivity index (χ2n) is 6.71. The molecule has 2 rings (SSSR count). The first-order valence-corrected chi connectivity index (χ1v) is 7.39. The Balaban J connectivity index is 1.97. The predicted octanol–water partition coefficient (Wildman–Crippen LogP) is 4.05. The van der Waals surface area contributed by atoms with Crippen molar-refractivity contribution in [2.75, 3.05) is 13.1 Å². The fourth-order valence-corrected chi connectivity index (χ4v) is 2.83. The van der Waals surface area contributed by atoms with Crippen LogP contribution in [0.2, 0.25) is 0 Å². The standard InChI is InChI=1S/C17H25NO2/c1-13-12-18(16(19)20-17(2,3)4)11-10-15(13)14-8-6-5-7-9-14/h5-9,13,15H,10-12H2,1-4H3/t13-,15-/m0/s1. The molecule has 0 spiro atoms. The average Bonchev–Trinajstić information content (AvgIpc) is 2.37. The molecule has 1 aromatic carbocycles. The Bertz CT molecular complexity index is 450. The summed E-state index contributed by atoms with van der Waals surface area (Å²) in [7, 11) is 0. The summed E-state index contributed by atoms with van der Waals surface area (Å²) in [6.45, 7) is 9.49. The van der Waals surface area contributed by atoms with Crippen LogP contribution < -0.4 is 0 Å². The van der Waals surface area contributed by atoms with Crippen LogP contribution in [0.5, 0.6) is 0 Å². The molecule has 1 aliphatic heterocycles. The van der Waals surface area contributed by atoms with Crippen LogP contribution in [-0.2, 0) is 4.74 Å². The smallest absolute Gasteiger partial charge is 0.410 e. The number of benzene rings is 1. The normalized spacial score (nSPS) is 23.5. The highest BCUT2D eigenvalue weighted by atomic mass is 16.6. The molecule has 0 radical (unpaired) electrons. The Morgan fingerprint density at radius 1 is 1.25 bits per heavy atom. The zero-order valence-electron chi connectivity index (χ0n) is 12.9. The number of nitrogens with zero attached hydrogens (tertiary/aromatic N) is 1. The molecule has 1 aromatic rings. The van der Waals surface area contributed by atoms with Gasteiger partial charge in [0.25, 0.3) is 0 Å². The molecule has 110 valence electrons. The Morgan fingerprint density at radius 2 is 1.90 bits per heavy atom. The molecule has 1 aliphatic rings. The zero-order chi connectivity index (χ0) is 14.8. The molecule has 3 heteroatoms. The van der Waals surface area contributed by atoms with Crippen LogP contribution in [0.4, 0.5) is 4.79 Å². The van der Waals surface area contributed by atoms with E-state index in [1.165, 1.54) is 5.56 Å². The van der Waals surface area contributed by atoms with Gasteiger partial charge in [0.1, 0.15) is 5.60 Å². The second kappa shape index (κ2) is 5.86. The van der Waals surface area contributed by atoms with Gasteiger partial charge in [-0.1, -0.05) is 37.3 Å². The van der Waals surface area contributed by atoms with E-state index in [2.05, 4.69) is 31.2 Å². The van der Waals surface area contributed by atoms with Gasteiger partial charge in [0, 0.05) is 13.1 Å². The van der Waals surface area contributed by atoms with Crippen LogP contribution in [0.25, 0.3) is 0 Å². The molecule has 2 atom stereocenters. The molecule has 0 saturated carbocycles. The van der Waals surface area contributed by atoms with Crippen molar-refractivity contribution in [3.63, 3.8) is 0 Å². The quantitative estimate of drug-likeness (QED) is 0.774. The summed E-state index contributed by atoms with van der Waals surface area (Å²) in [5, 5.41) is 0. The van der Waals surface area contributed by atoms with Crippen LogP contribution in [0.15, 0.2) is 30.3 Å². The number of likely N-dealkylation sites (tertiary alicyclic amines) is 1. The van der Waals surface area contributed by atoms with Crippen molar-refractivity contribution in [2.45, 2.75) is 45.6 Å². The van der Waals surface area contributed by atoms with Gasteiger partial charge in [-0.3, -0.25) is 0 Å². The number of ether oxygens (including phenoxy) is 1. The van der Waals surface area contributed by atoms with Crippen molar-refractivity contribution in [3.8, 4) is 0 Å². The third-order valence-corrected chi connectivity index (χ3v) is 3.78. The fraction of sp³-hybridized carbons (Fsp3) is 0.588. The first-order valence-electron chi connectivity index (χ1n) is 7.39. The van der Waals surface area contributed by atoms with E-state index in [9.17, 15) is 4.79 Å². The monoisotopic (exact) mass is 275 g/mol. The summed E-state index contributed by atoms with van der Waals surface area (Å²) in [4.78, 5) is 13.9. The van der Waals surface area contributed by atoms with E-state index in [1.54, 1.807) is 0 Å². The summed E-state index contributed by atoms with van der Waals surface area (Å²) < 4.78 is 5.45. The van der Waals surface area contributed by atoms with E-state index < -0.39 is 5.60 Å². The summed E-state index contributed by atoms with van der Waals surface area (Å²) in [5.74, 6) is 0.994. The Kier molecular flexibility index (Phi) is 4.36. The first-order chi connectivity index (χ1) is 9.37. The molecule has 0 unspecified atom stereocenters. The topological polar surface area (TPSA) is 29.5 Å². The van der Waals surface area contributed by atoms with Crippen molar-refractivity contribution in [1.82, 2.24) is 4.90 Å². The van der Waals surface area contributed by atoms with Gasteiger partial charge in [-0.25, -0.2) is 4.79 Å². The van der Waals surface area contributed by atoms with Gasteiger partial charge in [-0.15, -0.1) is 0 Å². The van der Waals surface area contributed by atoms with Gasteiger partial charge in [-0.05, 0) is 44.6 Å². The maximum Gasteiger partial charge on any atom is 0.410 e. The Hall–Kier alpha value is -1.51. The third kappa shape index (κ3) is 3.75. The van der Waals surface area contributed by atoms with E-state index in [1.807, 2.05) is 31.7 Å². The molecule has 1 fully saturated rings. The van der Waals surface area contributed by atoms with Gasteiger partial charge in [-0.2, -0.15) is 0 Å². The minimum absolute atomic E-state index is 0.184. The summed E-state index contributed by atoms with van der Waals surface area (Å²) in [6.07, 6.45) is 0.820. The average molecular weight is 275 g/mol. The molecule has 0 bridgehead atoms. The highest BCUT2D eigenvalue weighted by molar-refractivity contribution is 5.68. The van der Waals surface area contributed by atoms with Crippen molar-refractivity contribution in [3.05, 3.63) is 35.9 Å². The van der Waals surface area contributed by atoms with Crippen LogP contribution in [0.1, 0.15) is 45.6 Å². The maximum atomic E-state index is 12.1. The van der Waals surface area contributed by atoms with Crippen LogP contribution in [0.3, 0.4) is 0 Å². The number of rotatable bonds is 1. The van der Waals surface area contributed by atoms with Crippen molar-refractivity contribution >= 4 is 6.09 Å². The maximum absolute atomic E-state index is 12.1. The van der Waals surface area contributed by atoms with Gasteiger partial charge in [0.2, 0.25) is 0 Å². The van der Waals surface area contributed by atoms with Crippen molar-refractivity contribution in [2.24, 2.45) is 5.92 Å². The van der Waals surface area contributed by atoms with E-state index >= 15 is 0 Å². The predicted molar refractivity (Wildman–Crippen MR) is 80.8 cm³/mol. The second-order valence-corrected chi connectivity index (χ2v) is 6.71. The third-order valence-electron chi connectivity index (χ3n) is 3.78. The van der Waals surface area contributed by atoms with E-state index in [-0.39, 0.29) is 6.09 Å². The van der Waals surface area contributed by atoms with E-state index in [0.29, 0.717) is 11.8 Å². The lowest BCUT2D eigenvalue weighted by atomic mass is 9.82. The molecule has 1 saturated heterocycles. The van der Waals surface area contributed by atoms with Crippen LogP contribution in [-0.4, -0.2) is 29.7 Å². The number of amides is 1. The number of hydrogen-bond donors (Lipinski definition) is 0. The highest BCUT2D eigenvalue weighted by Crippen LogP contribution is 2.33. The molecular formula is C17H25NO2. The minimum atomic E-state index is -0.420. The number of hydrogen-bond acceptors (Lipinski definition) is 2. The number of carbonyl (C=O) groups excluding carboxylic acids is 1. The fourth-order valence-electron chi connectivity index (χ4n) is 2.83. The Labute approximate surface area is 121 Å². The van der Waals surface area contributed by atoms with Gasteiger partial charge in [0.15, 0.2) is 0 Å². The number of carbonyl (C=O) groups is 1. The first kappa shape index (κ1) is 14.9. The molecule has 0 aliphatic carbocycles. The largest absolute Gasteiger partial charge is 0.444 e. The molecule has 3 nitrogen and oxygen atoms in total. The molecular weight excluding hydrogens is 250 g/mol. The zero-order valence-corrected chi connectivity index (χ0v) is 12.9. The van der Waals surface area contributed by atoms with Gasteiger partial charge >= 0.3 is 6.09 Å². The highest BCUT2D eigenvalue weighted by Gasteiger charge is 2.31. The molecule has 1 heterocycles. The molecule has 1 amide bonds. The van der Waals surface area contributed by atoms with Crippen LogP contribution in [0, 0.1) is 5.92 Å².